The molecule has 4 rings (SSSR count). The molecular formula is C25H27N5OS. The van der Waals surface area contributed by atoms with E-state index in [9.17, 15) is 4.79 Å². The largest absolute Gasteiger partial charge is 0.354 e. The van der Waals surface area contributed by atoms with E-state index in [4.69, 9.17) is 0 Å². The zero-order chi connectivity index (χ0) is 22.3. The molecule has 4 aromatic rings. The summed E-state index contributed by atoms with van der Waals surface area (Å²) in [6.07, 6.45) is 3.61. The molecule has 0 unspecified atom stereocenters. The monoisotopic (exact) mass is 445 g/mol. The Kier molecular flexibility index (Phi) is 7.07. The quantitative estimate of drug-likeness (QED) is 0.386. The summed E-state index contributed by atoms with van der Waals surface area (Å²) in [6, 6.07) is 22.3. The highest BCUT2D eigenvalue weighted by Gasteiger charge is 2.16. The number of amides is 1. The predicted molar refractivity (Wildman–Crippen MR) is 129 cm³/mol. The third-order valence-corrected chi connectivity index (χ3v) is 6.25. The number of carbonyl (C=O) groups excluding carboxylic acids is 1. The van der Waals surface area contributed by atoms with Crippen molar-refractivity contribution in [1.29, 1.82) is 0 Å². The SMILES string of the molecule is Cc1cccc(NC(=O)CSc2nnc(Cc3cccn3C)n2CCc2ccccc2)c1. The van der Waals surface area contributed by atoms with Crippen molar-refractivity contribution in [2.75, 3.05) is 11.1 Å². The number of aromatic nitrogens is 4. The van der Waals surface area contributed by atoms with Gasteiger partial charge < -0.3 is 14.5 Å². The van der Waals surface area contributed by atoms with Crippen LogP contribution in [0.1, 0.15) is 22.6 Å². The van der Waals surface area contributed by atoms with E-state index < -0.39 is 0 Å². The molecule has 0 aliphatic heterocycles. The number of hydrogen-bond donors (Lipinski definition) is 1. The standard InChI is InChI=1S/C25H27N5OS/c1-19-8-6-11-21(16-19)26-24(31)18-32-25-28-27-23(17-22-12-7-14-29(22)2)30(25)15-13-20-9-4-3-5-10-20/h3-12,14,16H,13,15,17-18H2,1-2H3,(H,26,31). The lowest BCUT2D eigenvalue weighted by Gasteiger charge is -2.11. The van der Waals surface area contributed by atoms with Gasteiger partial charge in [0.05, 0.1) is 5.75 Å². The lowest BCUT2D eigenvalue weighted by atomic mass is 10.1. The first-order chi connectivity index (χ1) is 15.6. The number of rotatable bonds is 9. The van der Waals surface area contributed by atoms with E-state index in [1.165, 1.54) is 23.0 Å². The number of hydrogen-bond acceptors (Lipinski definition) is 4. The molecule has 0 radical (unpaired) electrons. The van der Waals surface area contributed by atoms with Gasteiger partial charge in [0.1, 0.15) is 5.82 Å². The van der Waals surface area contributed by atoms with Crippen molar-refractivity contribution in [3.63, 3.8) is 0 Å². The Morgan fingerprint density at radius 3 is 2.62 bits per heavy atom. The van der Waals surface area contributed by atoms with Crippen molar-refractivity contribution in [2.45, 2.75) is 31.5 Å². The van der Waals surface area contributed by atoms with Crippen LogP contribution in [0, 0.1) is 6.92 Å². The van der Waals surface area contributed by atoms with Crippen LogP contribution in [0.5, 0.6) is 0 Å². The maximum atomic E-state index is 12.5. The van der Waals surface area contributed by atoms with Crippen LogP contribution >= 0.6 is 11.8 Å². The molecule has 0 bridgehead atoms. The molecule has 2 aromatic heterocycles. The van der Waals surface area contributed by atoms with E-state index in [0.29, 0.717) is 6.42 Å². The van der Waals surface area contributed by atoms with E-state index in [1.807, 2.05) is 56.6 Å². The number of benzene rings is 2. The number of anilines is 1. The van der Waals surface area contributed by atoms with Crippen LogP contribution in [0.25, 0.3) is 0 Å². The molecule has 32 heavy (non-hydrogen) atoms. The zero-order valence-corrected chi connectivity index (χ0v) is 19.2. The van der Waals surface area contributed by atoms with Crippen LogP contribution in [0.2, 0.25) is 0 Å². The van der Waals surface area contributed by atoms with Crippen LogP contribution in [-0.2, 0) is 31.2 Å². The Balaban J connectivity index is 1.47. The Morgan fingerprint density at radius 1 is 1.03 bits per heavy atom. The van der Waals surface area contributed by atoms with Crippen molar-refractivity contribution in [3.8, 4) is 0 Å². The Hall–Kier alpha value is -3.32. The fourth-order valence-electron chi connectivity index (χ4n) is 3.56. The van der Waals surface area contributed by atoms with Gasteiger partial charge >= 0.3 is 0 Å². The normalized spacial score (nSPS) is 10.9. The van der Waals surface area contributed by atoms with Gasteiger partial charge in [-0.2, -0.15) is 0 Å². The topological polar surface area (TPSA) is 64.7 Å². The molecule has 2 aromatic carbocycles. The van der Waals surface area contributed by atoms with Crippen molar-refractivity contribution in [3.05, 3.63) is 95.6 Å². The van der Waals surface area contributed by atoms with Gasteiger partial charge in [-0.1, -0.05) is 54.2 Å². The van der Waals surface area contributed by atoms with Crippen LogP contribution in [-0.4, -0.2) is 31.0 Å². The molecular weight excluding hydrogens is 418 g/mol. The summed E-state index contributed by atoms with van der Waals surface area (Å²) < 4.78 is 4.24. The molecule has 1 N–H and O–H groups in total. The molecule has 0 aliphatic rings. The molecule has 0 aliphatic carbocycles. The number of nitrogens with zero attached hydrogens (tertiary/aromatic N) is 4. The summed E-state index contributed by atoms with van der Waals surface area (Å²) in [5.74, 6) is 1.13. The maximum absolute atomic E-state index is 12.5. The zero-order valence-electron chi connectivity index (χ0n) is 18.4. The third-order valence-electron chi connectivity index (χ3n) is 5.29. The van der Waals surface area contributed by atoms with Gasteiger partial charge in [0.2, 0.25) is 5.91 Å². The van der Waals surface area contributed by atoms with E-state index in [0.717, 1.165) is 35.2 Å². The van der Waals surface area contributed by atoms with E-state index in [1.54, 1.807) is 0 Å². The van der Waals surface area contributed by atoms with Crippen LogP contribution in [0.4, 0.5) is 5.69 Å². The van der Waals surface area contributed by atoms with E-state index in [2.05, 4.69) is 55.0 Å². The van der Waals surface area contributed by atoms with Gasteiger partial charge in [-0.15, -0.1) is 10.2 Å². The highest BCUT2D eigenvalue weighted by atomic mass is 32.2. The molecule has 6 nitrogen and oxygen atoms in total. The number of thioether (sulfide) groups is 1. The van der Waals surface area contributed by atoms with Crippen molar-refractivity contribution < 1.29 is 4.79 Å². The Labute approximate surface area is 192 Å². The molecule has 0 fully saturated rings. The van der Waals surface area contributed by atoms with Crippen LogP contribution in [0.15, 0.2) is 78.1 Å². The first-order valence-corrected chi connectivity index (χ1v) is 11.6. The van der Waals surface area contributed by atoms with Gasteiger partial charge in [-0.25, -0.2) is 0 Å². The minimum Gasteiger partial charge on any atom is -0.354 e. The molecule has 0 spiro atoms. The smallest absolute Gasteiger partial charge is 0.234 e. The average Bonchev–Trinajstić information content (AvgIpc) is 3.37. The molecule has 2 heterocycles. The average molecular weight is 446 g/mol. The van der Waals surface area contributed by atoms with Gasteiger partial charge in [-0.05, 0) is 48.7 Å². The number of nitrogens with one attached hydrogen (secondary N) is 1. The third kappa shape index (κ3) is 5.68. The van der Waals surface area contributed by atoms with Gasteiger partial charge in [-0.3, -0.25) is 4.79 Å². The Bertz CT molecular complexity index is 1180. The van der Waals surface area contributed by atoms with Gasteiger partial charge in [0, 0.05) is 37.6 Å². The van der Waals surface area contributed by atoms with Crippen LogP contribution < -0.4 is 5.32 Å². The van der Waals surface area contributed by atoms with Crippen LogP contribution in [0.3, 0.4) is 0 Å². The van der Waals surface area contributed by atoms with Crippen molar-refractivity contribution >= 4 is 23.4 Å². The van der Waals surface area contributed by atoms with E-state index in [-0.39, 0.29) is 11.7 Å². The highest BCUT2D eigenvalue weighted by Crippen LogP contribution is 2.20. The fraction of sp³-hybridized carbons (Fsp3) is 0.240. The lowest BCUT2D eigenvalue weighted by Crippen LogP contribution is -2.15. The minimum absolute atomic E-state index is 0.0535. The van der Waals surface area contributed by atoms with E-state index >= 15 is 0 Å². The first kappa shape index (κ1) is 21.9. The minimum atomic E-state index is -0.0535. The first-order valence-electron chi connectivity index (χ1n) is 10.6. The Morgan fingerprint density at radius 2 is 1.88 bits per heavy atom. The lowest BCUT2D eigenvalue weighted by molar-refractivity contribution is -0.113. The second-order valence-corrected chi connectivity index (χ2v) is 8.72. The summed E-state index contributed by atoms with van der Waals surface area (Å²) in [7, 11) is 2.03. The summed E-state index contributed by atoms with van der Waals surface area (Å²) in [4.78, 5) is 12.5. The maximum Gasteiger partial charge on any atom is 0.234 e. The second-order valence-electron chi connectivity index (χ2n) is 7.78. The molecule has 7 heteroatoms. The second kappa shape index (κ2) is 10.3. The highest BCUT2D eigenvalue weighted by molar-refractivity contribution is 7.99. The summed E-state index contributed by atoms with van der Waals surface area (Å²) in [5.41, 5.74) is 4.36. The molecule has 1 amide bonds. The fourth-order valence-corrected chi connectivity index (χ4v) is 4.34. The molecule has 0 saturated carbocycles. The van der Waals surface area contributed by atoms with Crippen molar-refractivity contribution in [2.24, 2.45) is 7.05 Å². The molecule has 164 valence electrons. The number of carbonyl (C=O) groups is 1. The summed E-state index contributed by atoms with van der Waals surface area (Å²) in [6.45, 7) is 2.77. The predicted octanol–water partition coefficient (Wildman–Crippen LogP) is 4.49. The molecule has 0 atom stereocenters. The summed E-state index contributed by atoms with van der Waals surface area (Å²) >= 11 is 1.42. The van der Waals surface area contributed by atoms with Gasteiger partial charge in [0.25, 0.3) is 0 Å². The van der Waals surface area contributed by atoms with Crippen molar-refractivity contribution in [1.82, 2.24) is 19.3 Å². The van der Waals surface area contributed by atoms with Gasteiger partial charge in [0.15, 0.2) is 5.16 Å². The number of aryl methyl sites for hydroxylation is 3. The molecule has 0 saturated heterocycles. The summed E-state index contributed by atoms with van der Waals surface area (Å²) in [5, 5.41) is 12.6.